The zero-order chi connectivity index (χ0) is 11.9. The van der Waals surface area contributed by atoms with Crippen LogP contribution in [0.1, 0.15) is 24.0 Å². The third kappa shape index (κ3) is 1.73. The highest BCUT2D eigenvalue weighted by molar-refractivity contribution is 5.58. The Hall–Kier alpha value is -1.06. The number of hydrogen-bond acceptors (Lipinski definition) is 3. The zero-order valence-corrected chi connectivity index (χ0v) is 10.7. The van der Waals surface area contributed by atoms with Crippen LogP contribution in [0.15, 0.2) is 18.2 Å². The largest absolute Gasteiger partial charge is 0.371 e. The molecule has 0 amide bonds. The SMILES string of the molecule is c1cc2c(c(N3CC4CCC(C3)O4)c1)CCNC2. The standard InChI is InChI=1S/C15H20N2O/c1-2-11-8-16-7-6-14(11)15(3-1)17-9-12-4-5-13(10-17)18-12/h1-3,12-13,16H,4-10H2. The van der Waals surface area contributed by atoms with Gasteiger partial charge in [-0.05, 0) is 43.0 Å². The van der Waals surface area contributed by atoms with Crippen molar-refractivity contribution in [3.8, 4) is 0 Å². The summed E-state index contributed by atoms with van der Waals surface area (Å²) in [5, 5.41) is 3.46. The van der Waals surface area contributed by atoms with Gasteiger partial charge in [-0.2, -0.15) is 0 Å². The molecule has 1 aromatic carbocycles. The Morgan fingerprint density at radius 1 is 1.17 bits per heavy atom. The first-order valence-corrected chi connectivity index (χ1v) is 7.12. The molecule has 3 nitrogen and oxygen atoms in total. The van der Waals surface area contributed by atoms with Crippen molar-refractivity contribution >= 4 is 5.69 Å². The molecule has 2 saturated heterocycles. The van der Waals surface area contributed by atoms with E-state index in [-0.39, 0.29) is 0 Å². The predicted molar refractivity (Wildman–Crippen MR) is 72.0 cm³/mol. The second-order valence-electron chi connectivity index (χ2n) is 5.70. The molecule has 2 bridgehead atoms. The van der Waals surface area contributed by atoms with Crippen LogP contribution in [0, 0.1) is 0 Å². The van der Waals surface area contributed by atoms with Gasteiger partial charge >= 0.3 is 0 Å². The van der Waals surface area contributed by atoms with Gasteiger partial charge in [0, 0.05) is 25.3 Å². The van der Waals surface area contributed by atoms with E-state index in [9.17, 15) is 0 Å². The van der Waals surface area contributed by atoms with E-state index in [1.807, 2.05) is 0 Å². The van der Waals surface area contributed by atoms with Crippen LogP contribution in [0.25, 0.3) is 0 Å². The first-order chi connectivity index (χ1) is 8.90. The normalized spacial score (nSPS) is 30.3. The first kappa shape index (κ1) is 10.8. The lowest BCUT2D eigenvalue weighted by atomic mass is 9.98. The monoisotopic (exact) mass is 244 g/mol. The van der Waals surface area contributed by atoms with Gasteiger partial charge in [0.05, 0.1) is 12.2 Å². The van der Waals surface area contributed by atoms with E-state index < -0.39 is 0 Å². The molecular weight excluding hydrogens is 224 g/mol. The number of ether oxygens (including phenoxy) is 1. The molecule has 0 saturated carbocycles. The summed E-state index contributed by atoms with van der Waals surface area (Å²) < 4.78 is 5.94. The number of nitrogens with zero attached hydrogens (tertiary/aromatic N) is 1. The minimum Gasteiger partial charge on any atom is -0.371 e. The smallest absolute Gasteiger partial charge is 0.0755 e. The molecule has 0 aliphatic carbocycles. The van der Waals surface area contributed by atoms with Crippen molar-refractivity contribution in [1.29, 1.82) is 0 Å². The van der Waals surface area contributed by atoms with Gasteiger partial charge in [-0.25, -0.2) is 0 Å². The van der Waals surface area contributed by atoms with Crippen LogP contribution in [0.3, 0.4) is 0 Å². The van der Waals surface area contributed by atoms with Gasteiger partial charge in [0.25, 0.3) is 0 Å². The van der Waals surface area contributed by atoms with Crippen LogP contribution in [0.4, 0.5) is 5.69 Å². The lowest BCUT2D eigenvalue weighted by Gasteiger charge is -2.36. The molecule has 3 heterocycles. The number of hydrogen-bond donors (Lipinski definition) is 1. The topological polar surface area (TPSA) is 24.5 Å². The Morgan fingerprint density at radius 3 is 2.83 bits per heavy atom. The number of anilines is 1. The Kier molecular flexibility index (Phi) is 2.55. The summed E-state index contributed by atoms with van der Waals surface area (Å²) >= 11 is 0. The molecule has 0 spiro atoms. The number of morpholine rings is 1. The molecule has 1 N–H and O–H groups in total. The second kappa shape index (κ2) is 4.25. The molecule has 18 heavy (non-hydrogen) atoms. The van der Waals surface area contributed by atoms with Gasteiger partial charge in [-0.1, -0.05) is 12.1 Å². The minimum absolute atomic E-state index is 0.473. The average Bonchev–Trinajstić information content (AvgIpc) is 2.77. The van der Waals surface area contributed by atoms with Crippen molar-refractivity contribution in [1.82, 2.24) is 5.32 Å². The average molecular weight is 244 g/mol. The van der Waals surface area contributed by atoms with Gasteiger partial charge in [0.1, 0.15) is 0 Å². The lowest BCUT2D eigenvalue weighted by molar-refractivity contribution is 0.0304. The van der Waals surface area contributed by atoms with Gasteiger partial charge in [0.2, 0.25) is 0 Å². The highest BCUT2D eigenvalue weighted by atomic mass is 16.5. The first-order valence-electron chi connectivity index (χ1n) is 7.12. The molecule has 3 aliphatic rings. The van der Waals surface area contributed by atoms with Crippen LogP contribution < -0.4 is 10.2 Å². The molecule has 0 aromatic heterocycles. The van der Waals surface area contributed by atoms with E-state index in [1.165, 1.54) is 24.1 Å². The van der Waals surface area contributed by atoms with Crippen LogP contribution in [-0.4, -0.2) is 31.8 Å². The number of benzene rings is 1. The van der Waals surface area contributed by atoms with Crippen LogP contribution >= 0.6 is 0 Å². The summed E-state index contributed by atoms with van der Waals surface area (Å²) in [4.78, 5) is 2.57. The van der Waals surface area contributed by atoms with Crippen molar-refractivity contribution in [2.45, 2.75) is 38.0 Å². The maximum absolute atomic E-state index is 5.94. The second-order valence-corrected chi connectivity index (χ2v) is 5.70. The van der Waals surface area contributed by atoms with Crippen molar-refractivity contribution in [3.05, 3.63) is 29.3 Å². The summed E-state index contributed by atoms with van der Waals surface area (Å²) in [6, 6.07) is 6.77. The molecule has 1 aromatic rings. The fraction of sp³-hybridized carbons (Fsp3) is 0.600. The van der Waals surface area contributed by atoms with Crippen molar-refractivity contribution in [2.24, 2.45) is 0 Å². The van der Waals surface area contributed by atoms with Crippen molar-refractivity contribution in [2.75, 3.05) is 24.5 Å². The van der Waals surface area contributed by atoms with Crippen LogP contribution in [-0.2, 0) is 17.7 Å². The quantitative estimate of drug-likeness (QED) is 0.814. The summed E-state index contributed by atoms with van der Waals surface area (Å²) in [5.41, 5.74) is 4.52. The summed E-state index contributed by atoms with van der Waals surface area (Å²) in [6.45, 7) is 4.31. The molecule has 3 heteroatoms. The molecule has 2 atom stereocenters. The highest BCUT2D eigenvalue weighted by Crippen LogP contribution is 2.33. The van der Waals surface area contributed by atoms with Crippen LogP contribution in [0.2, 0.25) is 0 Å². The van der Waals surface area contributed by atoms with Crippen LogP contribution in [0.5, 0.6) is 0 Å². The van der Waals surface area contributed by atoms with Crippen molar-refractivity contribution < 1.29 is 4.74 Å². The molecule has 0 radical (unpaired) electrons. The maximum Gasteiger partial charge on any atom is 0.0755 e. The van der Waals surface area contributed by atoms with E-state index in [4.69, 9.17) is 4.74 Å². The van der Waals surface area contributed by atoms with Gasteiger partial charge in [-0.15, -0.1) is 0 Å². The summed E-state index contributed by atoms with van der Waals surface area (Å²) in [5.74, 6) is 0. The molecular formula is C15H20N2O. The minimum atomic E-state index is 0.473. The van der Waals surface area contributed by atoms with Gasteiger partial charge < -0.3 is 15.0 Å². The van der Waals surface area contributed by atoms with Gasteiger partial charge in [0.15, 0.2) is 0 Å². The Balaban J connectivity index is 1.68. The zero-order valence-electron chi connectivity index (χ0n) is 10.7. The molecule has 4 rings (SSSR count). The summed E-state index contributed by atoms with van der Waals surface area (Å²) in [6.07, 6.45) is 4.61. The Bertz CT molecular complexity index is 448. The van der Waals surface area contributed by atoms with E-state index in [1.54, 1.807) is 5.56 Å². The fourth-order valence-electron chi connectivity index (χ4n) is 3.62. The molecule has 2 unspecified atom stereocenters. The maximum atomic E-state index is 5.94. The Morgan fingerprint density at radius 2 is 2.00 bits per heavy atom. The highest BCUT2D eigenvalue weighted by Gasteiger charge is 2.34. The molecule has 3 aliphatic heterocycles. The van der Waals surface area contributed by atoms with Gasteiger partial charge in [-0.3, -0.25) is 0 Å². The third-order valence-electron chi connectivity index (χ3n) is 4.50. The Labute approximate surface area is 108 Å². The van der Waals surface area contributed by atoms with E-state index >= 15 is 0 Å². The lowest BCUT2D eigenvalue weighted by Crippen LogP contribution is -2.43. The summed E-state index contributed by atoms with van der Waals surface area (Å²) in [7, 11) is 0. The number of rotatable bonds is 1. The molecule has 96 valence electrons. The fourth-order valence-corrected chi connectivity index (χ4v) is 3.62. The third-order valence-corrected chi connectivity index (χ3v) is 4.50. The predicted octanol–water partition coefficient (Wildman–Crippen LogP) is 1.70. The van der Waals surface area contributed by atoms with Crippen molar-refractivity contribution in [3.63, 3.8) is 0 Å². The van der Waals surface area contributed by atoms with E-state index in [0.29, 0.717) is 12.2 Å². The number of fused-ring (bicyclic) bond motifs is 3. The van der Waals surface area contributed by atoms with E-state index in [2.05, 4.69) is 28.4 Å². The van der Waals surface area contributed by atoms with E-state index in [0.717, 1.165) is 32.6 Å². The number of nitrogens with one attached hydrogen (secondary N) is 1. The molecule has 2 fully saturated rings.